The molecule has 5 nitrogen and oxygen atoms in total. The first kappa shape index (κ1) is 15.0. The van der Waals surface area contributed by atoms with Gasteiger partial charge in [0, 0.05) is 36.6 Å². The van der Waals surface area contributed by atoms with Crippen LogP contribution in [0, 0.1) is 0 Å². The van der Waals surface area contributed by atoms with Crippen LogP contribution in [0.3, 0.4) is 0 Å². The zero-order valence-corrected chi connectivity index (χ0v) is 13.7. The largest absolute Gasteiger partial charge is 0.461 e. The van der Waals surface area contributed by atoms with Gasteiger partial charge in [0.25, 0.3) is 0 Å². The fourth-order valence-corrected chi connectivity index (χ4v) is 3.36. The third-order valence-electron chi connectivity index (χ3n) is 4.48. The number of aromatic nitrogens is 1. The number of furan rings is 1. The van der Waals surface area contributed by atoms with Crippen LogP contribution < -0.4 is 0 Å². The zero-order valence-electron chi connectivity index (χ0n) is 13.7. The highest BCUT2D eigenvalue weighted by Gasteiger charge is 2.21. The van der Waals surface area contributed by atoms with Crippen molar-refractivity contribution in [3.63, 3.8) is 0 Å². The van der Waals surface area contributed by atoms with E-state index in [4.69, 9.17) is 9.15 Å². The smallest absolute Gasteiger partial charge is 0.303 e. The van der Waals surface area contributed by atoms with Crippen molar-refractivity contribution in [3.05, 3.63) is 59.2 Å². The fourth-order valence-electron chi connectivity index (χ4n) is 3.36. The summed E-state index contributed by atoms with van der Waals surface area (Å²) in [5.74, 6) is 1.29. The van der Waals surface area contributed by atoms with Crippen LogP contribution in [0.5, 0.6) is 0 Å². The minimum Gasteiger partial charge on any atom is -0.461 e. The maximum atomic E-state index is 10.9. The molecule has 1 N–H and O–H groups in total. The van der Waals surface area contributed by atoms with Crippen LogP contribution in [0.2, 0.25) is 0 Å². The quantitative estimate of drug-likeness (QED) is 0.748. The Morgan fingerprint density at radius 3 is 2.96 bits per heavy atom. The second kappa shape index (κ2) is 6.17. The highest BCUT2D eigenvalue weighted by atomic mass is 16.5. The molecule has 4 rings (SSSR count). The maximum absolute atomic E-state index is 10.9. The van der Waals surface area contributed by atoms with Crippen LogP contribution in [0.25, 0.3) is 10.9 Å². The minimum absolute atomic E-state index is 0.196. The number of H-pyrrole nitrogens is 1. The molecule has 0 radical (unpaired) electrons. The molecular formula is C19H20N2O3. The summed E-state index contributed by atoms with van der Waals surface area (Å²) in [4.78, 5) is 16.8. The first-order valence-electron chi connectivity index (χ1n) is 8.21. The molecule has 3 aromatic rings. The minimum atomic E-state index is -0.296. The number of para-hydroxylation sites is 1. The number of nitrogens with zero attached hydrogens (tertiary/aromatic N) is 1. The van der Waals surface area contributed by atoms with Crippen molar-refractivity contribution in [2.75, 3.05) is 6.54 Å². The van der Waals surface area contributed by atoms with Crippen molar-refractivity contribution >= 4 is 16.9 Å². The van der Waals surface area contributed by atoms with Gasteiger partial charge in [-0.1, -0.05) is 18.2 Å². The van der Waals surface area contributed by atoms with E-state index < -0.39 is 0 Å². The van der Waals surface area contributed by atoms with Gasteiger partial charge in [0.05, 0.1) is 6.54 Å². The number of fused-ring (bicyclic) bond motifs is 3. The Kier molecular flexibility index (Phi) is 3.86. The Labute approximate surface area is 140 Å². The van der Waals surface area contributed by atoms with Crippen molar-refractivity contribution in [1.29, 1.82) is 0 Å². The standard InChI is InChI=1S/C19H20N2O3/c1-13(22)23-12-15-7-6-14(24-15)10-21-9-8-17-16-4-2-3-5-18(16)20-19(17)11-21/h2-7,20H,8-12H2,1H3. The normalized spacial score (nSPS) is 14.7. The van der Waals surface area contributed by atoms with Crippen LogP contribution in [0.1, 0.15) is 29.7 Å². The zero-order chi connectivity index (χ0) is 16.5. The molecule has 5 heteroatoms. The van der Waals surface area contributed by atoms with E-state index in [2.05, 4.69) is 34.1 Å². The van der Waals surface area contributed by atoms with Crippen LogP contribution >= 0.6 is 0 Å². The van der Waals surface area contributed by atoms with Crippen LogP contribution in [0.4, 0.5) is 0 Å². The SMILES string of the molecule is CC(=O)OCc1ccc(CN2CCc3c([nH]c4ccccc34)C2)o1. The van der Waals surface area contributed by atoms with Crippen molar-refractivity contribution in [1.82, 2.24) is 9.88 Å². The van der Waals surface area contributed by atoms with E-state index >= 15 is 0 Å². The number of benzene rings is 1. The van der Waals surface area contributed by atoms with E-state index in [-0.39, 0.29) is 12.6 Å². The van der Waals surface area contributed by atoms with Crippen molar-refractivity contribution in [2.24, 2.45) is 0 Å². The molecule has 1 aliphatic heterocycles. The Bertz CT molecular complexity index is 878. The van der Waals surface area contributed by atoms with Gasteiger partial charge >= 0.3 is 5.97 Å². The lowest BCUT2D eigenvalue weighted by Gasteiger charge is -2.26. The molecule has 1 aromatic carbocycles. The Balaban J connectivity index is 1.44. The molecule has 0 aliphatic carbocycles. The lowest BCUT2D eigenvalue weighted by Crippen LogP contribution is -2.29. The first-order valence-corrected chi connectivity index (χ1v) is 8.21. The Hall–Kier alpha value is -2.53. The van der Waals surface area contributed by atoms with Gasteiger partial charge in [0.15, 0.2) is 0 Å². The number of nitrogens with one attached hydrogen (secondary N) is 1. The predicted octanol–water partition coefficient (Wildman–Crippen LogP) is 3.38. The lowest BCUT2D eigenvalue weighted by atomic mass is 10.0. The summed E-state index contributed by atoms with van der Waals surface area (Å²) in [6.45, 7) is 4.25. The van der Waals surface area contributed by atoms with Crippen molar-refractivity contribution < 1.29 is 13.9 Å². The molecule has 0 saturated carbocycles. The number of carbonyl (C=O) groups excluding carboxylic acids is 1. The van der Waals surface area contributed by atoms with E-state index in [1.165, 1.54) is 29.1 Å². The summed E-state index contributed by atoms with van der Waals surface area (Å²) in [5, 5.41) is 1.34. The predicted molar refractivity (Wildman–Crippen MR) is 90.3 cm³/mol. The van der Waals surface area contributed by atoms with E-state index in [1.807, 2.05) is 12.1 Å². The van der Waals surface area contributed by atoms with Gasteiger partial charge in [-0.3, -0.25) is 9.69 Å². The fraction of sp³-hybridized carbons (Fsp3) is 0.316. The molecule has 0 bridgehead atoms. The second-order valence-corrected chi connectivity index (χ2v) is 6.24. The molecule has 0 saturated heterocycles. The molecule has 0 unspecified atom stereocenters. The lowest BCUT2D eigenvalue weighted by molar-refractivity contribution is -0.142. The summed E-state index contributed by atoms with van der Waals surface area (Å²) >= 11 is 0. The molecule has 0 fully saturated rings. The van der Waals surface area contributed by atoms with Crippen LogP contribution in [-0.2, 0) is 35.6 Å². The summed E-state index contributed by atoms with van der Waals surface area (Å²) in [6, 6.07) is 12.3. The average molecular weight is 324 g/mol. The molecular weight excluding hydrogens is 304 g/mol. The maximum Gasteiger partial charge on any atom is 0.303 e. The van der Waals surface area contributed by atoms with Gasteiger partial charge in [0.1, 0.15) is 18.1 Å². The van der Waals surface area contributed by atoms with Gasteiger partial charge in [-0.05, 0) is 30.2 Å². The Morgan fingerprint density at radius 2 is 2.08 bits per heavy atom. The van der Waals surface area contributed by atoms with Crippen molar-refractivity contribution in [3.8, 4) is 0 Å². The molecule has 3 heterocycles. The number of carbonyl (C=O) groups is 1. The van der Waals surface area contributed by atoms with Gasteiger partial charge < -0.3 is 14.1 Å². The van der Waals surface area contributed by atoms with E-state index in [1.54, 1.807) is 0 Å². The summed E-state index contributed by atoms with van der Waals surface area (Å²) in [6.07, 6.45) is 1.04. The third-order valence-corrected chi connectivity index (χ3v) is 4.48. The third kappa shape index (κ3) is 2.95. The number of hydrogen-bond donors (Lipinski definition) is 1. The monoisotopic (exact) mass is 324 g/mol. The van der Waals surface area contributed by atoms with Crippen molar-refractivity contribution in [2.45, 2.75) is 33.0 Å². The van der Waals surface area contributed by atoms with E-state index in [0.29, 0.717) is 5.76 Å². The topological polar surface area (TPSA) is 58.5 Å². The number of rotatable bonds is 4. The number of hydrogen-bond acceptors (Lipinski definition) is 4. The molecule has 0 amide bonds. The highest BCUT2D eigenvalue weighted by Crippen LogP contribution is 2.28. The number of aromatic amines is 1. The molecule has 0 atom stereocenters. The second-order valence-electron chi connectivity index (χ2n) is 6.24. The molecule has 0 spiro atoms. The molecule has 2 aromatic heterocycles. The number of ether oxygens (including phenoxy) is 1. The molecule has 124 valence electrons. The average Bonchev–Trinajstić information content (AvgIpc) is 3.16. The van der Waals surface area contributed by atoms with Crippen LogP contribution in [-0.4, -0.2) is 22.4 Å². The van der Waals surface area contributed by atoms with Gasteiger partial charge in [0.2, 0.25) is 0 Å². The number of esters is 1. The highest BCUT2D eigenvalue weighted by molar-refractivity contribution is 5.84. The van der Waals surface area contributed by atoms with Gasteiger partial charge in [-0.25, -0.2) is 0 Å². The van der Waals surface area contributed by atoms with E-state index in [9.17, 15) is 4.79 Å². The molecule has 1 aliphatic rings. The summed E-state index contributed by atoms with van der Waals surface area (Å²) < 4.78 is 10.7. The van der Waals surface area contributed by atoms with Gasteiger partial charge in [-0.15, -0.1) is 0 Å². The van der Waals surface area contributed by atoms with Gasteiger partial charge in [-0.2, -0.15) is 0 Å². The summed E-state index contributed by atoms with van der Waals surface area (Å²) in [5.41, 5.74) is 3.96. The van der Waals surface area contributed by atoms with E-state index in [0.717, 1.165) is 31.8 Å². The first-order chi connectivity index (χ1) is 11.7. The summed E-state index contributed by atoms with van der Waals surface area (Å²) in [7, 11) is 0. The molecule has 24 heavy (non-hydrogen) atoms. The van der Waals surface area contributed by atoms with Crippen LogP contribution in [0.15, 0.2) is 40.8 Å². The Morgan fingerprint density at radius 1 is 1.25 bits per heavy atom.